The highest BCUT2D eigenvalue weighted by Crippen LogP contribution is 2.42. The molecule has 10 N–H and O–H groups in total. The third-order valence-corrected chi connectivity index (χ3v) is 21.0. The number of carboxylic acid groups (broad SMARTS) is 1. The van der Waals surface area contributed by atoms with E-state index in [1.807, 2.05) is 0 Å². The molecule has 37 heteroatoms. The molecule has 0 spiro atoms. The zero-order chi connectivity index (χ0) is 88.3. The zero-order valence-electron chi connectivity index (χ0n) is 70.2. The number of aliphatic hydroxyl groups is 1. The molecule has 7 aliphatic rings. The number of Topliss-reactive ketones (excluding diaryl/α,β-unsaturated/α-hetero) is 2. The molecule has 0 aromatic heterocycles. The molecule has 0 radical (unpaired) electrons. The van der Waals surface area contributed by atoms with E-state index in [2.05, 4.69) is 38.5 Å². The predicted octanol–water partition coefficient (Wildman–Crippen LogP) is 5.55. The maximum Gasteiger partial charge on any atom is 0.416 e. The molecule has 8 bridgehead atoms. The average Bonchev–Trinajstić information content (AvgIpc) is 1.63. The number of unbranched alkanes of at least 4 members (excludes halogenated alkanes) is 1. The number of nitrogens with one attached hydrogen (secondary N) is 6. The summed E-state index contributed by atoms with van der Waals surface area (Å²) in [5.41, 5.74) is 9.00. The van der Waals surface area contributed by atoms with Crippen LogP contribution < -0.4 is 61.6 Å². The quantitative estimate of drug-likeness (QED) is 0.0809. The Kier molecular flexibility index (Phi) is 38.3. The molecule has 7 heterocycles. The first-order valence-corrected chi connectivity index (χ1v) is 41.7. The molecule has 11 rings (SSSR count). The van der Waals surface area contributed by atoms with Gasteiger partial charge in [-0.15, -0.1) is 0 Å². The van der Waals surface area contributed by atoms with E-state index in [0.717, 1.165) is 4.90 Å². The number of anilines is 4. The standard InChI is InChI=1S/C86H115N11O26/c1-54-43-70-84(110)97-69-49-72(55(2)44-64(69)83(109)95(70)50-54)120-30-10-31-121-74-48-68-65(46-73(74)113-5)82(108)94-28-8-11-62(94)51-96(68)85(111)122-52-58-16-20-61(21-17-58)91-81(107)67(47-78(103)104)93-80(106)66(13-6-7-26-87)92-77(102)25-33-116-37-41-119-42-38-117-34-27-88-75(100)23-22-63(98)12-9-29-114-35-39-118-40-36-115-32-24-76(101)89-57(4)71(99)45-56(3)79(105)90-60-18-14-59(15-19-60)53-123-86(97)112/h14-21,44,46,48-49,56-57,62,66-67,70,84,110H,1,6-13,22-43,45,47,50-53,87H2,2-5H3,(H,88,100)(H,89,101)(H,90,105)(H,91,107)(H,92,102)(H,93,106)(H,103,104)/t56-,57+,62+,66+,67+,70+,84?/m1/s1. The number of carboxylic acids is 1. The topological polar surface area (TPSA) is 475 Å². The summed E-state index contributed by atoms with van der Waals surface area (Å²) in [5.74, 6) is -6.13. The predicted molar refractivity (Wildman–Crippen MR) is 445 cm³/mol. The van der Waals surface area contributed by atoms with E-state index in [4.69, 9.17) is 57.8 Å². The van der Waals surface area contributed by atoms with Crippen LogP contribution in [0.15, 0.2) is 84.9 Å². The lowest BCUT2D eigenvalue weighted by molar-refractivity contribution is -0.140. The molecular formula is C86H115N11O26. The monoisotopic (exact) mass is 1720 g/mol. The van der Waals surface area contributed by atoms with Gasteiger partial charge >= 0.3 is 18.2 Å². The van der Waals surface area contributed by atoms with Gasteiger partial charge in [0.2, 0.25) is 35.4 Å². The van der Waals surface area contributed by atoms with Crippen molar-refractivity contribution in [1.29, 1.82) is 0 Å². The lowest BCUT2D eigenvalue weighted by Gasteiger charge is -2.31. The van der Waals surface area contributed by atoms with E-state index in [9.17, 15) is 72.5 Å². The largest absolute Gasteiger partial charge is 0.493 e. The fraction of sp³-hybridized carbons (Fsp3) is 0.547. The number of hydrogen-bond acceptors (Lipinski definition) is 26. The van der Waals surface area contributed by atoms with Crippen molar-refractivity contribution in [2.75, 3.05) is 153 Å². The molecule has 10 amide bonds. The Morgan fingerprint density at radius 2 is 1.15 bits per heavy atom. The highest BCUT2D eigenvalue weighted by atomic mass is 16.6. The van der Waals surface area contributed by atoms with Gasteiger partial charge in [-0.1, -0.05) is 43.3 Å². The fourth-order valence-electron chi connectivity index (χ4n) is 14.2. The number of aliphatic carboxylic acids is 1. The number of carbonyl (C=O) groups excluding carboxylic acids is 12. The smallest absolute Gasteiger partial charge is 0.416 e. The average molecular weight is 1720 g/mol. The summed E-state index contributed by atoms with van der Waals surface area (Å²) in [5, 5.41) is 37.9. The number of rotatable bonds is 7. The highest BCUT2D eigenvalue weighted by Gasteiger charge is 2.47. The number of nitrogens with two attached hydrogens (primary N) is 1. The molecule has 123 heavy (non-hydrogen) atoms. The van der Waals surface area contributed by atoms with Crippen LogP contribution in [0.2, 0.25) is 0 Å². The van der Waals surface area contributed by atoms with Crippen LogP contribution in [0.25, 0.3) is 0 Å². The molecule has 2 fully saturated rings. The summed E-state index contributed by atoms with van der Waals surface area (Å²) < 4.78 is 63.4. The number of methoxy groups -OCH3 is 1. The summed E-state index contributed by atoms with van der Waals surface area (Å²) in [6, 6.07) is 13.8. The van der Waals surface area contributed by atoms with Crippen molar-refractivity contribution in [3.63, 3.8) is 0 Å². The second-order valence-corrected chi connectivity index (χ2v) is 30.4. The number of hydrogen-bond donors (Lipinski definition) is 9. The van der Waals surface area contributed by atoms with Crippen molar-refractivity contribution in [2.24, 2.45) is 11.7 Å². The van der Waals surface area contributed by atoms with Gasteiger partial charge in [-0.3, -0.25) is 57.6 Å². The highest BCUT2D eigenvalue weighted by molar-refractivity contribution is 6.07. The van der Waals surface area contributed by atoms with Gasteiger partial charge in [0.15, 0.2) is 23.5 Å². The number of aryl methyl sites for hydroxylation is 1. The normalized spacial score (nSPS) is 23.3. The molecule has 670 valence electrons. The van der Waals surface area contributed by atoms with Crippen LogP contribution in [-0.2, 0) is 94.3 Å². The van der Waals surface area contributed by atoms with Gasteiger partial charge in [-0.05, 0) is 118 Å². The van der Waals surface area contributed by atoms with Crippen LogP contribution in [0.1, 0.15) is 148 Å². The molecule has 7 atom stereocenters. The number of amides is 10. The number of nitrogens with zero attached hydrogens (tertiary/aromatic N) is 4. The fourth-order valence-corrected chi connectivity index (χ4v) is 14.2. The lowest BCUT2D eigenvalue weighted by atomic mass is 10.00. The number of aliphatic hydroxyl groups excluding tert-OH is 1. The van der Waals surface area contributed by atoms with Crippen LogP contribution in [0.3, 0.4) is 0 Å². The molecule has 0 saturated carbocycles. The van der Waals surface area contributed by atoms with E-state index in [1.165, 1.54) is 54.2 Å². The summed E-state index contributed by atoms with van der Waals surface area (Å²) >= 11 is 0. The SMILES string of the molecule is C=C1C[C@H]2C(O)N3C(=O)OCc4ccc(cc4)NC(=O)[C@H](C)CC(=O)[C@H](C)NC(=O)CCOCCOCCOCCCC(=O)CCC(=O)NCCOCCOCCOCCC(=O)N[C@@H](CCCCN)C(=O)N[C@@H](CC(=O)O)C(=O)Nc4ccc(cc4)COC(=O)N4C[C@@H]5CCCN5C(=O)c5cc(OC)c(cc54)OCCCOc4cc3c(cc4C)C(=O)N2C1. The van der Waals surface area contributed by atoms with Crippen molar-refractivity contribution >= 4 is 99.7 Å². The maximum absolute atomic E-state index is 14.4. The van der Waals surface area contributed by atoms with Gasteiger partial charge in [0, 0.05) is 107 Å². The van der Waals surface area contributed by atoms with Crippen LogP contribution in [-0.4, -0.2) is 266 Å². The van der Waals surface area contributed by atoms with Gasteiger partial charge in [0.25, 0.3) is 11.8 Å². The number of fused-ring (bicyclic) bond motifs is 4. The summed E-state index contributed by atoms with van der Waals surface area (Å²) in [4.78, 5) is 180. The summed E-state index contributed by atoms with van der Waals surface area (Å²) in [6.45, 7) is 11.9. The Labute approximate surface area is 713 Å². The molecule has 37 nitrogen and oxygen atoms in total. The van der Waals surface area contributed by atoms with Crippen LogP contribution in [0, 0.1) is 12.8 Å². The van der Waals surface area contributed by atoms with Crippen molar-refractivity contribution in [3.8, 4) is 17.2 Å². The molecule has 7 aliphatic heterocycles. The van der Waals surface area contributed by atoms with Crippen LogP contribution in [0.4, 0.5) is 32.3 Å². The van der Waals surface area contributed by atoms with Crippen LogP contribution >= 0.6 is 0 Å². The molecule has 2 saturated heterocycles. The third-order valence-electron chi connectivity index (χ3n) is 21.0. The Hall–Kier alpha value is -11.2. The van der Waals surface area contributed by atoms with E-state index < -0.39 is 96.3 Å². The zero-order valence-corrected chi connectivity index (χ0v) is 70.2. The van der Waals surface area contributed by atoms with Gasteiger partial charge < -0.3 is 110 Å². The van der Waals surface area contributed by atoms with Gasteiger partial charge in [-0.25, -0.2) is 14.5 Å². The van der Waals surface area contributed by atoms with Gasteiger partial charge in [0.1, 0.15) is 36.8 Å². The van der Waals surface area contributed by atoms with Crippen molar-refractivity contribution in [1.82, 2.24) is 31.1 Å². The molecule has 1 unspecified atom stereocenters. The molecular weight excluding hydrogens is 1600 g/mol. The Balaban J connectivity index is 0.827. The van der Waals surface area contributed by atoms with Crippen molar-refractivity contribution < 1.29 is 125 Å². The second-order valence-electron chi connectivity index (χ2n) is 30.4. The van der Waals surface area contributed by atoms with E-state index in [0.29, 0.717) is 79.8 Å². The molecule has 4 aromatic rings. The third kappa shape index (κ3) is 29.5. The number of benzene rings is 4. The number of carbonyl (C=O) groups is 13. The van der Waals surface area contributed by atoms with E-state index >= 15 is 0 Å². The van der Waals surface area contributed by atoms with E-state index in [1.54, 1.807) is 61.2 Å². The Bertz CT molecular complexity index is 4320. The van der Waals surface area contributed by atoms with Crippen molar-refractivity contribution in [2.45, 2.75) is 167 Å². The number of ether oxygens (including phenoxy) is 11. The maximum atomic E-state index is 14.4. The minimum absolute atomic E-state index is 0.0145. The van der Waals surface area contributed by atoms with Gasteiger partial charge in [0.05, 0.1) is 140 Å². The van der Waals surface area contributed by atoms with Crippen LogP contribution in [0.5, 0.6) is 17.2 Å². The minimum atomic E-state index is -1.59. The first-order chi connectivity index (χ1) is 59.3. The first kappa shape index (κ1) is 95.6. The molecule has 0 aliphatic carbocycles. The van der Waals surface area contributed by atoms with Crippen molar-refractivity contribution in [3.05, 3.63) is 113 Å². The first-order valence-electron chi connectivity index (χ1n) is 41.7. The van der Waals surface area contributed by atoms with E-state index in [-0.39, 0.29) is 251 Å². The van der Waals surface area contributed by atoms with Gasteiger partial charge in [-0.2, -0.15) is 0 Å². The summed E-state index contributed by atoms with van der Waals surface area (Å²) in [7, 11) is 1.41. The Morgan fingerprint density at radius 3 is 1.78 bits per heavy atom. The molecule has 4 aromatic carbocycles. The number of ketones is 2. The second kappa shape index (κ2) is 49.2. The lowest BCUT2D eigenvalue weighted by Crippen LogP contribution is -2.53. The summed E-state index contributed by atoms with van der Waals surface area (Å²) in [6.07, 6.45) is -0.913. The minimum Gasteiger partial charge on any atom is -0.493 e. The Morgan fingerprint density at radius 1 is 0.569 bits per heavy atom.